The number of amides is 2. The van der Waals surface area contributed by atoms with Crippen LogP contribution >= 0.6 is 0 Å². The van der Waals surface area contributed by atoms with Crippen molar-refractivity contribution >= 4 is 17.5 Å². The van der Waals surface area contributed by atoms with Crippen LogP contribution in [0.4, 0.5) is 10.1 Å². The van der Waals surface area contributed by atoms with E-state index in [1.165, 1.54) is 16.8 Å². The summed E-state index contributed by atoms with van der Waals surface area (Å²) in [5.74, 6) is -1.73. The molecule has 0 radical (unpaired) electrons. The van der Waals surface area contributed by atoms with Gasteiger partial charge in [0.2, 0.25) is 0 Å². The van der Waals surface area contributed by atoms with Crippen LogP contribution in [0.1, 0.15) is 33.3 Å². The number of benzene rings is 2. The molecule has 124 valence electrons. The fraction of sp³-hybridized carbons (Fsp3) is 0.111. The maximum Gasteiger partial charge on any atom is 0.266 e. The average Bonchev–Trinajstić information content (AvgIpc) is 3.20. The SMILES string of the molecule is CCc1cn(-c2ccc(N3C(=O)c4ccccc4C3=O)c(F)c2)nn1. The molecule has 4 rings (SSSR count). The summed E-state index contributed by atoms with van der Waals surface area (Å²) in [5, 5.41) is 7.90. The van der Waals surface area contributed by atoms with E-state index in [0.717, 1.165) is 17.0 Å². The Bertz CT molecular complexity index is 977. The zero-order valence-electron chi connectivity index (χ0n) is 13.3. The van der Waals surface area contributed by atoms with Crippen molar-refractivity contribution in [3.8, 4) is 5.69 Å². The van der Waals surface area contributed by atoms with Gasteiger partial charge in [0.15, 0.2) is 0 Å². The second-order valence-electron chi connectivity index (χ2n) is 5.64. The van der Waals surface area contributed by atoms with Crippen molar-refractivity contribution in [2.45, 2.75) is 13.3 Å². The molecule has 3 aromatic rings. The first-order valence-electron chi connectivity index (χ1n) is 7.79. The van der Waals surface area contributed by atoms with Crippen LogP contribution in [0.25, 0.3) is 5.69 Å². The fourth-order valence-electron chi connectivity index (χ4n) is 2.81. The Labute approximate surface area is 142 Å². The standard InChI is InChI=1S/C18H13FN4O2/c1-2-11-10-22(21-20-11)12-7-8-16(15(19)9-12)23-17(24)13-5-3-4-6-14(13)18(23)25/h3-10H,2H2,1H3. The van der Waals surface area contributed by atoms with Gasteiger partial charge in [0, 0.05) is 6.07 Å². The van der Waals surface area contributed by atoms with Crippen molar-refractivity contribution in [2.75, 3.05) is 4.90 Å². The number of carbonyl (C=O) groups is 2. The molecule has 0 aliphatic carbocycles. The molecule has 1 aliphatic heterocycles. The van der Waals surface area contributed by atoms with Gasteiger partial charge in [-0.3, -0.25) is 9.59 Å². The molecule has 0 spiro atoms. The number of imide groups is 1. The predicted octanol–water partition coefficient (Wildman–Crippen LogP) is 2.77. The van der Waals surface area contributed by atoms with Gasteiger partial charge < -0.3 is 0 Å². The third-order valence-electron chi connectivity index (χ3n) is 4.13. The van der Waals surface area contributed by atoms with E-state index in [4.69, 9.17) is 0 Å². The van der Waals surface area contributed by atoms with Gasteiger partial charge >= 0.3 is 0 Å². The zero-order valence-corrected chi connectivity index (χ0v) is 13.3. The van der Waals surface area contributed by atoms with E-state index in [0.29, 0.717) is 5.69 Å². The van der Waals surface area contributed by atoms with Crippen LogP contribution in [0.15, 0.2) is 48.7 Å². The highest BCUT2D eigenvalue weighted by atomic mass is 19.1. The van der Waals surface area contributed by atoms with Crippen molar-refractivity contribution in [3.63, 3.8) is 0 Å². The topological polar surface area (TPSA) is 68.1 Å². The lowest BCUT2D eigenvalue weighted by Gasteiger charge is -2.15. The number of fused-ring (bicyclic) bond motifs is 1. The second kappa shape index (κ2) is 5.62. The van der Waals surface area contributed by atoms with Gasteiger partial charge in [0.05, 0.1) is 34.4 Å². The molecule has 2 aromatic carbocycles. The van der Waals surface area contributed by atoms with Crippen molar-refractivity contribution in [2.24, 2.45) is 0 Å². The minimum atomic E-state index is -0.680. The number of anilines is 1. The van der Waals surface area contributed by atoms with E-state index >= 15 is 0 Å². The summed E-state index contributed by atoms with van der Waals surface area (Å²) in [5.41, 5.74) is 1.72. The molecule has 0 saturated heterocycles. The van der Waals surface area contributed by atoms with Crippen LogP contribution < -0.4 is 4.90 Å². The van der Waals surface area contributed by atoms with Crippen molar-refractivity contribution in [1.29, 1.82) is 0 Å². The summed E-state index contributed by atoms with van der Waals surface area (Å²) in [6.45, 7) is 1.94. The number of nitrogens with zero attached hydrogens (tertiary/aromatic N) is 4. The molecule has 0 bridgehead atoms. The van der Waals surface area contributed by atoms with E-state index < -0.39 is 17.6 Å². The number of aryl methyl sites for hydroxylation is 1. The van der Waals surface area contributed by atoms with Gasteiger partial charge in [-0.25, -0.2) is 14.0 Å². The van der Waals surface area contributed by atoms with E-state index in [1.54, 1.807) is 36.5 Å². The summed E-state index contributed by atoms with van der Waals surface area (Å²) in [7, 11) is 0. The summed E-state index contributed by atoms with van der Waals surface area (Å²) in [6, 6.07) is 10.7. The van der Waals surface area contributed by atoms with Crippen molar-refractivity contribution in [3.05, 3.63) is 71.3 Å². The summed E-state index contributed by atoms with van der Waals surface area (Å²) in [4.78, 5) is 25.8. The highest BCUT2D eigenvalue weighted by molar-refractivity contribution is 6.34. The summed E-state index contributed by atoms with van der Waals surface area (Å²) >= 11 is 0. The van der Waals surface area contributed by atoms with Gasteiger partial charge in [0.1, 0.15) is 5.82 Å². The van der Waals surface area contributed by atoms with Crippen LogP contribution in [0.3, 0.4) is 0 Å². The molecule has 0 saturated carbocycles. The Hall–Kier alpha value is -3.35. The first-order valence-corrected chi connectivity index (χ1v) is 7.79. The normalized spacial score (nSPS) is 13.4. The zero-order chi connectivity index (χ0) is 17.6. The lowest BCUT2D eigenvalue weighted by Crippen LogP contribution is -2.30. The maximum absolute atomic E-state index is 14.6. The first kappa shape index (κ1) is 15.2. The van der Waals surface area contributed by atoms with Crippen LogP contribution in [0.5, 0.6) is 0 Å². The number of hydrogen-bond acceptors (Lipinski definition) is 4. The molecule has 1 aromatic heterocycles. The second-order valence-corrected chi connectivity index (χ2v) is 5.64. The molecule has 2 heterocycles. The first-order chi connectivity index (χ1) is 12.1. The summed E-state index contributed by atoms with van der Waals surface area (Å²) in [6.07, 6.45) is 2.42. The number of carbonyl (C=O) groups excluding carboxylic acids is 2. The molecule has 6 nitrogen and oxygen atoms in total. The molecule has 2 amide bonds. The van der Waals surface area contributed by atoms with Gasteiger partial charge in [-0.2, -0.15) is 0 Å². The molecule has 0 fully saturated rings. The number of halogens is 1. The van der Waals surface area contributed by atoms with Gasteiger partial charge in [-0.1, -0.05) is 24.3 Å². The highest BCUT2D eigenvalue weighted by Crippen LogP contribution is 2.31. The van der Waals surface area contributed by atoms with Crippen molar-refractivity contribution < 1.29 is 14.0 Å². The smallest absolute Gasteiger partial charge is 0.266 e. The number of aromatic nitrogens is 3. The van der Waals surface area contributed by atoms with Gasteiger partial charge in [-0.05, 0) is 30.7 Å². The van der Waals surface area contributed by atoms with Crippen molar-refractivity contribution in [1.82, 2.24) is 15.0 Å². The average molecular weight is 336 g/mol. The minimum Gasteiger partial charge on any atom is -0.268 e. The van der Waals surface area contributed by atoms with E-state index in [1.807, 2.05) is 6.92 Å². The summed E-state index contributed by atoms with van der Waals surface area (Å²) < 4.78 is 16.1. The molecular weight excluding hydrogens is 323 g/mol. The largest absolute Gasteiger partial charge is 0.268 e. The number of hydrogen-bond donors (Lipinski definition) is 0. The lowest BCUT2D eigenvalue weighted by atomic mass is 10.1. The Kier molecular flexibility index (Phi) is 3.42. The van der Waals surface area contributed by atoms with E-state index in [-0.39, 0.29) is 16.8 Å². The molecule has 1 aliphatic rings. The van der Waals surface area contributed by atoms with Gasteiger partial charge in [-0.15, -0.1) is 5.10 Å². The Morgan fingerprint density at radius 2 is 1.72 bits per heavy atom. The molecule has 0 unspecified atom stereocenters. The Morgan fingerprint density at radius 3 is 2.28 bits per heavy atom. The molecule has 25 heavy (non-hydrogen) atoms. The third-order valence-corrected chi connectivity index (χ3v) is 4.13. The van der Waals surface area contributed by atoms with Crippen LogP contribution in [0.2, 0.25) is 0 Å². The Balaban J connectivity index is 1.73. The number of rotatable bonds is 3. The fourth-order valence-corrected chi connectivity index (χ4v) is 2.81. The Morgan fingerprint density at radius 1 is 1.04 bits per heavy atom. The molecule has 0 N–H and O–H groups in total. The maximum atomic E-state index is 14.6. The molecule has 0 atom stereocenters. The van der Waals surface area contributed by atoms with Crippen LogP contribution in [0, 0.1) is 5.82 Å². The monoisotopic (exact) mass is 336 g/mol. The quantitative estimate of drug-likeness (QED) is 0.690. The molecule has 7 heteroatoms. The third kappa shape index (κ3) is 2.32. The van der Waals surface area contributed by atoms with E-state index in [9.17, 15) is 14.0 Å². The van der Waals surface area contributed by atoms with Crippen LogP contribution in [-0.4, -0.2) is 26.8 Å². The van der Waals surface area contributed by atoms with E-state index in [2.05, 4.69) is 10.3 Å². The van der Waals surface area contributed by atoms with Gasteiger partial charge in [0.25, 0.3) is 11.8 Å². The minimum absolute atomic E-state index is 0.0780. The lowest BCUT2D eigenvalue weighted by molar-refractivity contribution is 0.0925. The molecular formula is C18H13FN4O2. The predicted molar refractivity (Wildman–Crippen MR) is 88.3 cm³/mol. The highest BCUT2D eigenvalue weighted by Gasteiger charge is 2.37. The van der Waals surface area contributed by atoms with Crippen LogP contribution in [-0.2, 0) is 6.42 Å².